The number of allylic oxidation sites excluding steroid dienone is 5. The Balaban J connectivity index is 0.975. The van der Waals surface area contributed by atoms with Gasteiger partial charge in [0, 0.05) is 26.7 Å². The van der Waals surface area contributed by atoms with Gasteiger partial charge in [0.05, 0.1) is 22.0 Å². The number of nitrogens with zero attached hydrogens (tertiary/aromatic N) is 2. The fourth-order valence-corrected chi connectivity index (χ4v) is 13.9. The Morgan fingerprint density at radius 1 is 0.478 bits per heavy atom. The lowest BCUT2D eigenvalue weighted by Gasteiger charge is -2.36. The van der Waals surface area contributed by atoms with Crippen molar-refractivity contribution < 1.29 is 4.57 Å². The van der Waals surface area contributed by atoms with E-state index < -0.39 is 12.6 Å². The molecular formula is C63H43N2OP. The van der Waals surface area contributed by atoms with E-state index in [1.165, 1.54) is 27.5 Å². The smallest absolute Gasteiger partial charge is 0.171 e. The maximum Gasteiger partial charge on any atom is 0.171 e. The van der Waals surface area contributed by atoms with Crippen LogP contribution in [-0.2, 0) is 16.4 Å². The fraction of sp³-hybridized carbons (Fsp3) is 0.0317. The van der Waals surface area contributed by atoms with Crippen molar-refractivity contribution in [3.05, 3.63) is 271 Å². The molecule has 0 fully saturated rings. The Bertz CT molecular complexity index is 3890. The van der Waals surface area contributed by atoms with Gasteiger partial charge in [-0.05, 0) is 103 Å². The highest BCUT2D eigenvalue weighted by molar-refractivity contribution is 7.85. The van der Waals surface area contributed by atoms with Gasteiger partial charge in [-0.15, -0.1) is 0 Å². The number of fused-ring (bicyclic) bond motifs is 15. The molecule has 13 rings (SSSR count). The van der Waals surface area contributed by atoms with Crippen molar-refractivity contribution in [3.8, 4) is 33.4 Å². The van der Waals surface area contributed by atoms with Crippen LogP contribution in [0.2, 0.25) is 0 Å². The first-order chi connectivity index (χ1) is 33.0. The van der Waals surface area contributed by atoms with Gasteiger partial charge in [-0.3, -0.25) is 4.40 Å². The second kappa shape index (κ2) is 15.2. The summed E-state index contributed by atoms with van der Waals surface area (Å²) >= 11 is 0. The molecule has 0 bridgehead atoms. The van der Waals surface area contributed by atoms with E-state index in [4.69, 9.17) is 11.6 Å². The van der Waals surface area contributed by atoms with Crippen molar-refractivity contribution in [2.24, 2.45) is 0 Å². The molecule has 2 aliphatic carbocycles. The van der Waals surface area contributed by atoms with Crippen LogP contribution < -0.4 is 15.9 Å². The minimum atomic E-state index is -3.30. The Morgan fingerprint density at radius 3 is 1.84 bits per heavy atom. The number of para-hydroxylation sites is 2. The second-order valence-electron chi connectivity index (χ2n) is 17.8. The fourth-order valence-electron chi connectivity index (χ4n) is 11.2. The normalized spacial score (nSPS) is 16.4. The molecule has 3 nitrogen and oxygen atoms in total. The third-order valence-corrected chi connectivity index (χ3v) is 17.4. The first-order valence-corrected chi connectivity index (χ1v) is 24.7. The largest absolute Gasteiger partial charge is 0.309 e. The number of benzene rings is 9. The predicted molar refractivity (Wildman–Crippen MR) is 281 cm³/mol. The molecule has 0 aliphatic heterocycles. The topological polar surface area (TPSA) is 34.4 Å². The maximum absolute atomic E-state index is 16.0. The molecule has 2 aliphatic rings. The third kappa shape index (κ3) is 5.85. The summed E-state index contributed by atoms with van der Waals surface area (Å²) in [5.41, 5.74) is 16.0. The van der Waals surface area contributed by atoms with Gasteiger partial charge in [0.1, 0.15) is 5.65 Å². The van der Waals surface area contributed by atoms with E-state index in [0.29, 0.717) is 0 Å². The number of rotatable bonds is 5. The van der Waals surface area contributed by atoms with E-state index in [2.05, 4.69) is 180 Å². The van der Waals surface area contributed by atoms with Gasteiger partial charge in [-0.2, -0.15) is 0 Å². The van der Waals surface area contributed by atoms with Crippen molar-refractivity contribution in [3.63, 3.8) is 0 Å². The molecule has 0 N–H and O–H groups in total. The molecule has 4 heteroatoms. The molecule has 1 atom stereocenters. The Morgan fingerprint density at radius 2 is 1.07 bits per heavy atom. The molecule has 67 heavy (non-hydrogen) atoms. The highest BCUT2D eigenvalue weighted by atomic mass is 31.2. The molecule has 9 aromatic carbocycles. The molecule has 0 saturated heterocycles. The van der Waals surface area contributed by atoms with Gasteiger partial charge in [0.15, 0.2) is 7.14 Å². The van der Waals surface area contributed by atoms with Crippen LogP contribution in [0.5, 0.6) is 0 Å². The second-order valence-corrected chi connectivity index (χ2v) is 20.6. The summed E-state index contributed by atoms with van der Waals surface area (Å²) in [5.74, 6) is 0. The first-order valence-electron chi connectivity index (χ1n) is 23.0. The lowest BCUT2D eigenvalue weighted by molar-refractivity contribution is 0.592. The number of aromatic nitrogens is 2. The molecule has 1 unspecified atom stereocenters. The van der Waals surface area contributed by atoms with Crippen LogP contribution in [0.4, 0.5) is 0 Å². The Kier molecular flexibility index (Phi) is 8.94. The molecule has 0 radical (unpaired) electrons. The lowest BCUT2D eigenvalue weighted by Crippen LogP contribution is -2.32. The van der Waals surface area contributed by atoms with Crippen molar-refractivity contribution in [2.45, 2.75) is 11.8 Å². The van der Waals surface area contributed by atoms with Crippen LogP contribution in [0, 0.1) is 0 Å². The SMILES string of the molecule is C=C1/C=C\C=C/Cc2ccccc2C12c1cc(-c3ccc(-c4ccc5c6ccccc6c6nc7ccccc7n6c5c4)cc3)ccc1-c1ccc(P(=O)(c3ccccc3)c3ccccc3)cc12. The number of imidazole rings is 1. The average molecular weight is 875 g/mol. The predicted octanol–water partition coefficient (Wildman–Crippen LogP) is 14.3. The molecule has 2 heterocycles. The Hall–Kier alpha value is -8.10. The van der Waals surface area contributed by atoms with E-state index >= 15 is 4.57 Å². The molecular weight excluding hydrogens is 832 g/mol. The van der Waals surface area contributed by atoms with Crippen LogP contribution in [0.25, 0.3) is 71.7 Å². The monoisotopic (exact) mass is 874 g/mol. The van der Waals surface area contributed by atoms with Crippen LogP contribution in [-0.4, -0.2) is 9.38 Å². The zero-order valence-electron chi connectivity index (χ0n) is 36.7. The number of hydrogen-bond acceptors (Lipinski definition) is 2. The van der Waals surface area contributed by atoms with Gasteiger partial charge < -0.3 is 4.57 Å². The van der Waals surface area contributed by atoms with Crippen LogP contribution in [0.15, 0.2) is 249 Å². The number of pyridine rings is 1. The number of hydrogen-bond donors (Lipinski definition) is 0. The van der Waals surface area contributed by atoms with E-state index in [9.17, 15) is 0 Å². The van der Waals surface area contributed by atoms with Gasteiger partial charge in [0.2, 0.25) is 0 Å². The molecule has 316 valence electrons. The van der Waals surface area contributed by atoms with E-state index in [1.807, 2.05) is 60.7 Å². The zero-order chi connectivity index (χ0) is 44.7. The molecule has 11 aromatic rings. The summed E-state index contributed by atoms with van der Waals surface area (Å²) < 4.78 is 18.3. The van der Waals surface area contributed by atoms with Crippen LogP contribution in [0.3, 0.4) is 0 Å². The van der Waals surface area contributed by atoms with Gasteiger partial charge in [-0.25, -0.2) is 4.98 Å². The van der Waals surface area contributed by atoms with Crippen molar-refractivity contribution in [1.82, 2.24) is 9.38 Å². The average Bonchev–Trinajstić information content (AvgIpc) is 3.95. The minimum absolute atomic E-state index is 0.758. The zero-order valence-corrected chi connectivity index (χ0v) is 37.6. The summed E-state index contributed by atoms with van der Waals surface area (Å²) in [7, 11) is -3.30. The van der Waals surface area contributed by atoms with Gasteiger partial charge in [-0.1, -0.05) is 213 Å². The van der Waals surface area contributed by atoms with Crippen LogP contribution >= 0.6 is 7.14 Å². The van der Waals surface area contributed by atoms with Crippen LogP contribution in [0.1, 0.15) is 22.3 Å². The van der Waals surface area contributed by atoms with Crippen molar-refractivity contribution in [2.75, 3.05) is 0 Å². The summed E-state index contributed by atoms with van der Waals surface area (Å²) in [6.45, 7) is 4.92. The van der Waals surface area contributed by atoms with E-state index in [0.717, 1.165) is 94.4 Å². The third-order valence-electron chi connectivity index (χ3n) is 14.3. The van der Waals surface area contributed by atoms with E-state index in [-0.39, 0.29) is 0 Å². The Labute approximate surface area is 389 Å². The highest BCUT2D eigenvalue weighted by Crippen LogP contribution is 2.59. The first kappa shape index (κ1) is 39.3. The standard InChI is InChI=1S/C63H43N2OP/c1-42-17-5-2-6-18-45-19-11-14-26-56(45)63(42)57-39-46(33-36-52(57)53-38-35-50(41-58(53)63)67(66,48-20-7-3-8-21-48)49-22-9-4-10-23-49)43-29-31-44(32-30-43)47-34-37-54-51-24-12-13-25-55(51)62-64-59-27-15-16-28-60(59)65(62)61(54)40-47/h2-17,19-41H,1,18H2/b6-2-,17-5-. The van der Waals surface area contributed by atoms with Gasteiger partial charge in [0.25, 0.3) is 0 Å². The van der Waals surface area contributed by atoms with Crippen molar-refractivity contribution >= 4 is 61.4 Å². The summed E-state index contributed by atoms with van der Waals surface area (Å²) in [6, 6.07) is 75.1. The van der Waals surface area contributed by atoms with E-state index in [1.54, 1.807) is 0 Å². The summed E-state index contributed by atoms with van der Waals surface area (Å²) in [5, 5.41) is 5.99. The molecule has 0 saturated carbocycles. The summed E-state index contributed by atoms with van der Waals surface area (Å²) in [6.07, 6.45) is 9.43. The molecule has 0 amide bonds. The quantitative estimate of drug-likeness (QED) is 0.128. The van der Waals surface area contributed by atoms with Crippen molar-refractivity contribution in [1.29, 1.82) is 0 Å². The highest BCUT2D eigenvalue weighted by Gasteiger charge is 2.48. The summed E-state index contributed by atoms with van der Waals surface area (Å²) in [4.78, 5) is 5.12. The molecule has 1 spiro atoms. The maximum atomic E-state index is 16.0. The lowest BCUT2D eigenvalue weighted by atomic mass is 9.66. The van der Waals surface area contributed by atoms with Gasteiger partial charge >= 0.3 is 0 Å². The molecule has 2 aromatic heterocycles. The minimum Gasteiger partial charge on any atom is -0.309 e.